The van der Waals surface area contributed by atoms with Crippen LogP contribution in [-0.2, 0) is 0 Å². The molecule has 1 heterocycles. The summed E-state index contributed by atoms with van der Waals surface area (Å²) in [6.07, 6.45) is 0. The Morgan fingerprint density at radius 3 is 2.88 bits per heavy atom. The molecule has 16 heavy (non-hydrogen) atoms. The van der Waals surface area contributed by atoms with E-state index in [4.69, 9.17) is 9.47 Å². The fourth-order valence-corrected chi connectivity index (χ4v) is 1.82. The molecule has 4 heteroatoms. The highest BCUT2D eigenvalue weighted by Gasteiger charge is 2.20. The van der Waals surface area contributed by atoms with Gasteiger partial charge in [0.25, 0.3) is 0 Å². The van der Waals surface area contributed by atoms with E-state index in [1.165, 1.54) is 6.92 Å². The summed E-state index contributed by atoms with van der Waals surface area (Å²) in [4.78, 5) is 13.6. The Balaban J connectivity index is 2.55. The van der Waals surface area contributed by atoms with Gasteiger partial charge in [-0.1, -0.05) is 0 Å². The normalized spacial score (nSPS) is 14.1. The van der Waals surface area contributed by atoms with E-state index in [2.05, 4.69) is 4.90 Å². The number of hydrogen-bond acceptors (Lipinski definition) is 4. The monoisotopic (exact) mass is 221 g/mol. The van der Waals surface area contributed by atoms with Crippen molar-refractivity contribution in [1.29, 1.82) is 0 Å². The number of nitrogens with zero attached hydrogens (tertiary/aromatic N) is 1. The second-order valence-electron chi connectivity index (χ2n) is 3.85. The van der Waals surface area contributed by atoms with Crippen LogP contribution in [0, 0.1) is 0 Å². The summed E-state index contributed by atoms with van der Waals surface area (Å²) >= 11 is 0. The smallest absolute Gasteiger partial charge is 0.163 e. The Morgan fingerprint density at radius 2 is 2.25 bits per heavy atom. The first kappa shape index (κ1) is 10.8. The van der Waals surface area contributed by atoms with Crippen molar-refractivity contribution in [3.8, 4) is 11.5 Å². The van der Waals surface area contributed by atoms with E-state index in [0.29, 0.717) is 17.9 Å². The largest absolute Gasteiger partial charge is 0.496 e. The molecule has 0 fully saturated rings. The lowest BCUT2D eigenvalue weighted by atomic mass is 10.1. The molecule has 86 valence electrons. The van der Waals surface area contributed by atoms with Gasteiger partial charge in [-0.25, -0.2) is 0 Å². The average molecular weight is 221 g/mol. The molecule has 0 aromatic heterocycles. The van der Waals surface area contributed by atoms with Crippen LogP contribution in [0.4, 0.5) is 5.69 Å². The van der Waals surface area contributed by atoms with Gasteiger partial charge in [0.2, 0.25) is 0 Å². The minimum atomic E-state index is -0.00127. The third kappa shape index (κ3) is 1.71. The Bertz CT molecular complexity index is 429. The van der Waals surface area contributed by atoms with Crippen molar-refractivity contribution < 1.29 is 14.3 Å². The second-order valence-corrected chi connectivity index (χ2v) is 3.85. The summed E-state index contributed by atoms with van der Waals surface area (Å²) in [7, 11) is 3.54. The third-order valence-electron chi connectivity index (χ3n) is 2.76. The summed E-state index contributed by atoms with van der Waals surface area (Å²) in [6.45, 7) is 3.02. The number of carbonyl (C=O) groups is 1. The number of likely N-dealkylation sites (N-methyl/N-ethyl adjacent to an activating group) is 1. The van der Waals surface area contributed by atoms with Crippen LogP contribution < -0.4 is 14.4 Å². The number of fused-ring (bicyclic) bond motifs is 1. The SMILES string of the molecule is COc1cc2c(cc1C(C)=O)N(C)CCO2. The second kappa shape index (κ2) is 4.04. The number of benzene rings is 1. The quantitative estimate of drug-likeness (QED) is 0.713. The molecule has 1 aliphatic rings. The minimum absolute atomic E-state index is 0.00127. The fourth-order valence-electron chi connectivity index (χ4n) is 1.82. The highest BCUT2D eigenvalue weighted by atomic mass is 16.5. The zero-order chi connectivity index (χ0) is 11.7. The van der Waals surface area contributed by atoms with Crippen molar-refractivity contribution in [2.75, 3.05) is 32.2 Å². The molecule has 0 aliphatic carbocycles. The minimum Gasteiger partial charge on any atom is -0.496 e. The van der Waals surface area contributed by atoms with Gasteiger partial charge in [0.05, 0.1) is 24.9 Å². The van der Waals surface area contributed by atoms with Gasteiger partial charge in [-0.15, -0.1) is 0 Å². The van der Waals surface area contributed by atoms with Crippen molar-refractivity contribution >= 4 is 11.5 Å². The van der Waals surface area contributed by atoms with Gasteiger partial charge in [0.15, 0.2) is 5.78 Å². The van der Waals surface area contributed by atoms with Crippen LogP contribution in [-0.4, -0.2) is 33.1 Å². The van der Waals surface area contributed by atoms with Crippen LogP contribution >= 0.6 is 0 Å². The predicted octanol–water partition coefficient (Wildman–Crippen LogP) is 1.73. The molecule has 0 unspecified atom stereocenters. The highest BCUT2D eigenvalue weighted by molar-refractivity contribution is 5.98. The summed E-state index contributed by atoms with van der Waals surface area (Å²) in [5, 5.41) is 0. The van der Waals surface area contributed by atoms with Crippen LogP contribution in [0.5, 0.6) is 11.5 Å². The van der Waals surface area contributed by atoms with Crippen LogP contribution in [0.2, 0.25) is 0 Å². The lowest BCUT2D eigenvalue weighted by Crippen LogP contribution is -2.29. The van der Waals surface area contributed by atoms with E-state index in [1.54, 1.807) is 13.2 Å². The average Bonchev–Trinajstić information content (AvgIpc) is 2.27. The first-order valence-electron chi connectivity index (χ1n) is 5.20. The number of methoxy groups -OCH3 is 1. The van der Waals surface area contributed by atoms with E-state index < -0.39 is 0 Å². The van der Waals surface area contributed by atoms with Crippen molar-refractivity contribution in [1.82, 2.24) is 0 Å². The van der Waals surface area contributed by atoms with E-state index in [9.17, 15) is 4.79 Å². The molecule has 2 rings (SSSR count). The highest BCUT2D eigenvalue weighted by Crippen LogP contribution is 2.37. The maximum atomic E-state index is 11.5. The first-order chi connectivity index (χ1) is 7.63. The Kier molecular flexibility index (Phi) is 2.73. The Labute approximate surface area is 94.8 Å². The van der Waals surface area contributed by atoms with Gasteiger partial charge in [-0.2, -0.15) is 0 Å². The molecule has 4 nitrogen and oxygen atoms in total. The molecule has 1 aromatic carbocycles. The number of ether oxygens (including phenoxy) is 2. The summed E-state index contributed by atoms with van der Waals surface area (Å²) in [5.74, 6) is 1.34. The number of rotatable bonds is 2. The van der Waals surface area contributed by atoms with Crippen molar-refractivity contribution in [2.45, 2.75) is 6.92 Å². The zero-order valence-electron chi connectivity index (χ0n) is 9.74. The number of anilines is 1. The molecule has 0 bridgehead atoms. The van der Waals surface area contributed by atoms with E-state index in [-0.39, 0.29) is 5.78 Å². The van der Waals surface area contributed by atoms with E-state index in [0.717, 1.165) is 18.0 Å². The van der Waals surface area contributed by atoms with Gasteiger partial charge in [0.1, 0.15) is 18.1 Å². The number of hydrogen-bond donors (Lipinski definition) is 0. The predicted molar refractivity (Wildman–Crippen MR) is 61.8 cm³/mol. The topological polar surface area (TPSA) is 38.8 Å². The molecule has 0 amide bonds. The standard InChI is InChI=1S/C12H15NO3/c1-8(14)9-6-10-12(7-11(9)15-3)16-5-4-13(10)2/h6-7H,4-5H2,1-3H3. The third-order valence-corrected chi connectivity index (χ3v) is 2.76. The van der Waals surface area contributed by atoms with Gasteiger partial charge in [0, 0.05) is 13.1 Å². The molecule has 0 radical (unpaired) electrons. The maximum Gasteiger partial charge on any atom is 0.163 e. The Hall–Kier alpha value is -1.71. The van der Waals surface area contributed by atoms with Gasteiger partial charge in [-0.3, -0.25) is 4.79 Å². The zero-order valence-corrected chi connectivity index (χ0v) is 9.74. The fraction of sp³-hybridized carbons (Fsp3) is 0.417. The lowest BCUT2D eigenvalue weighted by Gasteiger charge is -2.28. The molecule has 0 spiro atoms. The number of Topliss-reactive ketones (excluding diaryl/α,β-unsaturated/α-hetero) is 1. The molecule has 0 saturated carbocycles. The first-order valence-corrected chi connectivity index (χ1v) is 5.20. The van der Waals surface area contributed by atoms with Crippen molar-refractivity contribution in [3.63, 3.8) is 0 Å². The summed E-state index contributed by atoms with van der Waals surface area (Å²) in [6, 6.07) is 3.61. The van der Waals surface area contributed by atoms with Gasteiger partial charge < -0.3 is 14.4 Å². The molecule has 1 aromatic rings. The van der Waals surface area contributed by atoms with E-state index in [1.807, 2.05) is 13.1 Å². The van der Waals surface area contributed by atoms with Crippen molar-refractivity contribution in [3.05, 3.63) is 17.7 Å². The van der Waals surface area contributed by atoms with Crippen LogP contribution in [0.25, 0.3) is 0 Å². The van der Waals surface area contributed by atoms with Crippen molar-refractivity contribution in [2.24, 2.45) is 0 Å². The molecule has 0 saturated heterocycles. The summed E-state index contributed by atoms with van der Waals surface area (Å²) < 4.78 is 10.7. The van der Waals surface area contributed by atoms with Crippen LogP contribution in [0.1, 0.15) is 17.3 Å². The van der Waals surface area contributed by atoms with Gasteiger partial charge >= 0.3 is 0 Å². The number of carbonyl (C=O) groups excluding carboxylic acids is 1. The van der Waals surface area contributed by atoms with Gasteiger partial charge in [-0.05, 0) is 13.0 Å². The molecule has 1 aliphatic heterocycles. The molecule has 0 N–H and O–H groups in total. The molecular formula is C12H15NO3. The summed E-state index contributed by atoms with van der Waals surface area (Å²) in [5.41, 5.74) is 1.54. The Morgan fingerprint density at radius 1 is 1.50 bits per heavy atom. The van der Waals surface area contributed by atoms with Crippen LogP contribution in [0.15, 0.2) is 12.1 Å². The van der Waals surface area contributed by atoms with Crippen LogP contribution in [0.3, 0.4) is 0 Å². The van der Waals surface area contributed by atoms with E-state index >= 15 is 0 Å². The molecule has 0 atom stereocenters. The number of ketones is 1. The maximum absolute atomic E-state index is 11.5. The molecular weight excluding hydrogens is 206 g/mol. The lowest BCUT2D eigenvalue weighted by molar-refractivity contribution is 0.101.